The van der Waals surface area contributed by atoms with Crippen molar-refractivity contribution in [3.63, 3.8) is 0 Å². The van der Waals surface area contributed by atoms with Crippen LogP contribution in [0.1, 0.15) is 38.7 Å². The largest absolute Gasteiger partial charge is 0.396 e. The minimum atomic E-state index is -0.289. The summed E-state index contributed by atoms with van der Waals surface area (Å²) in [5.74, 6) is -0.137. The Balaban J connectivity index is 2.54. The minimum absolute atomic E-state index is 0.144. The molecule has 0 aromatic heterocycles. The Bertz CT molecular complexity index is 462. The molecular formula is C17H24FNO2. The van der Waals surface area contributed by atoms with E-state index in [9.17, 15) is 9.18 Å². The van der Waals surface area contributed by atoms with Gasteiger partial charge in [-0.25, -0.2) is 4.39 Å². The summed E-state index contributed by atoms with van der Waals surface area (Å²) in [6.07, 6.45) is 4.25. The van der Waals surface area contributed by atoms with Gasteiger partial charge in [0.1, 0.15) is 5.82 Å². The second-order valence-electron chi connectivity index (χ2n) is 5.25. The Morgan fingerprint density at radius 3 is 2.57 bits per heavy atom. The van der Waals surface area contributed by atoms with Crippen LogP contribution >= 0.6 is 0 Å². The first-order valence-electron chi connectivity index (χ1n) is 7.39. The van der Waals surface area contributed by atoms with Crippen LogP contribution in [0.25, 0.3) is 5.57 Å². The van der Waals surface area contributed by atoms with Crippen LogP contribution in [0.15, 0.2) is 30.3 Å². The maximum atomic E-state index is 12.8. The molecule has 1 rings (SSSR count). The van der Waals surface area contributed by atoms with Gasteiger partial charge in [-0.2, -0.15) is 0 Å². The lowest BCUT2D eigenvalue weighted by Crippen LogP contribution is -2.28. The van der Waals surface area contributed by atoms with Gasteiger partial charge in [-0.1, -0.05) is 25.5 Å². The number of amides is 1. The number of halogens is 1. The van der Waals surface area contributed by atoms with Crippen LogP contribution in [-0.4, -0.2) is 24.2 Å². The molecule has 0 saturated carbocycles. The quantitative estimate of drug-likeness (QED) is 0.723. The normalized spacial score (nSPS) is 13.0. The van der Waals surface area contributed by atoms with Crippen LogP contribution in [0, 0.1) is 11.7 Å². The number of hydrogen-bond acceptors (Lipinski definition) is 2. The summed E-state index contributed by atoms with van der Waals surface area (Å²) >= 11 is 0. The van der Waals surface area contributed by atoms with Gasteiger partial charge in [0.15, 0.2) is 0 Å². The molecule has 116 valence electrons. The SMILES string of the molecule is CCCC(CCO)CNC(=O)C=C(C)c1ccc(F)cc1. The van der Waals surface area contributed by atoms with Crippen molar-refractivity contribution in [3.05, 3.63) is 41.7 Å². The average molecular weight is 293 g/mol. The third-order valence-electron chi connectivity index (χ3n) is 3.45. The van der Waals surface area contributed by atoms with Crippen LogP contribution in [0.2, 0.25) is 0 Å². The fraction of sp³-hybridized carbons (Fsp3) is 0.471. The molecule has 1 aromatic rings. The van der Waals surface area contributed by atoms with Gasteiger partial charge in [0.25, 0.3) is 0 Å². The molecule has 0 heterocycles. The fourth-order valence-corrected chi connectivity index (χ4v) is 2.23. The smallest absolute Gasteiger partial charge is 0.244 e. The highest BCUT2D eigenvalue weighted by molar-refractivity contribution is 5.94. The van der Waals surface area contributed by atoms with Gasteiger partial charge >= 0.3 is 0 Å². The van der Waals surface area contributed by atoms with Gasteiger partial charge in [-0.3, -0.25) is 4.79 Å². The van der Waals surface area contributed by atoms with E-state index in [1.165, 1.54) is 18.2 Å². The Hall–Kier alpha value is -1.68. The van der Waals surface area contributed by atoms with Crippen LogP contribution in [0.3, 0.4) is 0 Å². The van der Waals surface area contributed by atoms with Crippen LogP contribution in [-0.2, 0) is 4.79 Å². The van der Waals surface area contributed by atoms with Gasteiger partial charge in [-0.05, 0) is 49.0 Å². The summed E-state index contributed by atoms with van der Waals surface area (Å²) in [6, 6.07) is 6.06. The highest BCUT2D eigenvalue weighted by Crippen LogP contribution is 2.14. The van der Waals surface area contributed by atoms with Crippen LogP contribution < -0.4 is 5.32 Å². The first kappa shape index (κ1) is 17.4. The summed E-state index contributed by atoms with van der Waals surface area (Å²) in [5, 5.41) is 11.9. The highest BCUT2D eigenvalue weighted by Gasteiger charge is 2.08. The molecule has 0 aliphatic carbocycles. The second-order valence-corrected chi connectivity index (χ2v) is 5.25. The van der Waals surface area contributed by atoms with E-state index in [1.807, 2.05) is 6.92 Å². The van der Waals surface area contributed by atoms with Gasteiger partial charge in [0, 0.05) is 19.2 Å². The van der Waals surface area contributed by atoms with E-state index >= 15 is 0 Å². The number of carbonyl (C=O) groups excluding carboxylic acids is 1. The third-order valence-corrected chi connectivity index (χ3v) is 3.45. The monoisotopic (exact) mass is 293 g/mol. The van der Waals surface area contributed by atoms with E-state index in [2.05, 4.69) is 12.2 Å². The molecule has 0 radical (unpaired) electrons. The standard InChI is InChI=1S/C17H24FNO2/c1-3-4-14(9-10-20)12-19-17(21)11-13(2)15-5-7-16(18)8-6-15/h5-8,11,14,20H,3-4,9-10,12H2,1-2H3,(H,19,21). The maximum absolute atomic E-state index is 12.8. The minimum Gasteiger partial charge on any atom is -0.396 e. The Labute approximate surface area is 125 Å². The van der Waals surface area contributed by atoms with Crippen molar-refractivity contribution in [2.24, 2.45) is 5.92 Å². The summed E-state index contributed by atoms with van der Waals surface area (Å²) in [5.41, 5.74) is 1.62. The van der Waals surface area contributed by atoms with Gasteiger partial charge in [-0.15, -0.1) is 0 Å². The van der Waals surface area contributed by atoms with E-state index in [0.29, 0.717) is 18.9 Å². The summed E-state index contributed by atoms with van der Waals surface area (Å²) in [4.78, 5) is 11.9. The number of aliphatic hydroxyl groups is 1. The number of aliphatic hydroxyl groups excluding tert-OH is 1. The van der Waals surface area contributed by atoms with Gasteiger partial charge in [0.2, 0.25) is 5.91 Å². The molecule has 0 aliphatic heterocycles. The Morgan fingerprint density at radius 1 is 1.33 bits per heavy atom. The molecule has 0 spiro atoms. The summed E-state index contributed by atoms with van der Waals surface area (Å²) in [6.45, 7) is 4.63. The molecule has 1 atom stereocenters. The molecule has 1 aromatic carbocycles. The number of allylic oxidation sites excluding steroid dienone is 1. The fourth-order valence-electron chi connectivity index (χ4n) is 2.23. The lowest BCUT2D eigenvalue weighted by atomic mass is 10.0. The molecule has 1 amide bonds. The highest BCUT2D eigenvalue weighted by atomic mass is 19.1. The molecular weight excluding hydrogens is 269 g/mol. The van der Waals surface area contributed by atoms with E-state index in [1.54, 1.807) is 12.1 Å². The van der Waals surface area contributed by atoms with Crippen molar-refractivity contribution in [1.29, 1.82) is 0 Å². The molecule has 0 bridgehead atoms. The molecule has 3 nitrogen and oxygen atoms in total. The van der Waals surface area contributed by atoms with Crippen molar-refractivity contribution in [1.82, 2.24) is 5.32 Å². The van der Waals surface area contributed by atoms with E-state index in [4.69, 9.17) is 5.11 Å². The molecule has 0 aliphatic rings. The zero-order valence-corrected chi connectivity index (χ0v) is 12.7. The molecule has 4 heteroatoms. The van der Waals surface area contributed by atoms with E-state index in [-0.39, 0.29) is 18.3 Å². The predicted octanol–water partition coefficient (Wildman–Crippen LogP) is 3.14. The lowest BCUT2D eigenvalue weighted by Gasteiger charge is -2.15. The number of rotatable bonds is 8. The van der Waals surface area contributed by atoms with Crippen molar-refractivity contribution in [2.75, 3.05) is 13.2 Å². The van der Waals surface area contributed by atoms with Crippen molar-refractivity contribution in [3.8, 4) is 0 Å². The van der Waals surface area contributed by atoms with Crippen molar-refractivity contribution in [2.45, 2.75) is 33.1 Å². The first-order chi connectivity index (χ1) is 10.1. The molecule has 21 heavy (non-hydrogen) atoms. The number of benzene rings is 1. The first-order valence-corrected chi connectivity index (χ1v) is 7.39. The Kier molecular flexibility index (Phi) is 7.69. The number of hydrogen-bond donors (Lipinski definition) is 2. The second kappa shape index (κ2) is 9.29. The van der Waals surface area contributed by atoms with Crippen molar-refractivity contribution < 1.29 is 14.3 Å². The number of carbonyl (C=O) groups is 1. The van der Waals surface area contributed by atoms with Crippen LogP contribution in [0.4, 0.5) is 4.39 Å². The lowest BCUT2D eigenvalue weighted by molar-refractivity contribution is -0.116. The molecule has 1 unspecified atom stereocenters. The maximum Gasteiger partial charge on any atom is 0.244 e. The number of nitrogens with one attached hydrogen (secondary N) is 1. The molecule has 0 fully saturated rings. The zero-order valence-electron chi connectivity index (χ0n) is 12.7. The molecule has 0 saturated heterocycles. The van der Waals surface area contributed by atoms with Gasteiger partial charge < -0.3 is 10.4 Å². The summed E-state index contributed by atoms with van der Waals surface area (Å²) in [7, 11) is 0. The third kappa shape index (κ3) is 6.54. The Morgan fingerprint density at radius 2 is 2.00 bits per heavy atom. The zero-order chi connectivity index (χ0) is 15.7. The topological polar surface area (TPSA) is 49.3 Å². The van der Waals surface area contributed by atoms with E-state index in [0.717, 1.165) is 24.0 Å². The molecule has 2 N–H and O–H groups in total. The predicted molar refractivity (Wildman–Crippen MR) is 83.2 cm³/mol. The van der Waals surface area contributed by atoms with Crippen molar-refractivity contribution >= 4 is 11.5 Å². The van der Waals surface area contributed by atoms with Gasteiger partial charge in [0.05, 0.1) is 0 Å². The average Bonchev–Trinajstić information content (AvgIpc) is 2.46. The van der Waals surface area contributed by atoms with E-state index < -0.39 is 0 Å². The summed E-state index contributed by atoms with van der Waals surface area (Å²) < 4.78 is 12.8. The van der Waals surface area contributed by atoms with Crippen LogP contribution in [0.5, 0.6) is 0 Å².